The fourth-order valence-electron chi connectivity index (χ4n) is 5.96. The normalized spacial score (nSPS) is 22.4. The third kappa shape index (κ3) is 4.69. The van der Waals surface area contributed by atoms with Crippen molar-refractivity contribution in [3.05, 3.63) is 96.1 Å². The lowest BCUT2D eigenvalue weighted by molar-refractivity contribution is -0.147. The number of ether oxygens (including phenoxy) is 2. The van der Waals surface area contributed by atoms with Crippen molar-refractivity contribution in [3.63, 3.8) is 0 Å². The van der Waals surface area contributed by atoms with Gasteiger partial charge in [0.15, 0.2) is 0 Å². The van der Waals surface area contributed by atoms with E-state index < -0.39 is 0 Å². The van der Waals surface area contributed by atoms with Crippen LogP contribution in [0.3, 0.4) is 0 Å². The molecule has 0 radical (unpaired) electrons. The van der Waals surface area contributed by atoms with E-state index in [1.165, 1.54) is 47.2 Å². The van der Waals surface area contributed by atoms with Crippen LogP contribution >= 0.6 is 0 Å². The van der Waals surface area contributed by atoms with E-state index in [1.54, 1.807) is 0 Å². The van der Waals surface area contributed by atoms with E-state index in [2.05, 4.69) is 48.5 Å². The monoisotopic (exact) mass is 504 g/mol. The molecule has 4 heteroatoms. The van der Waals surface area contributed by atoms with Crippen molar-refractivity contribution in [1.82, 2.24) is 0 Å². The van der Waals surface area contributed by atoms with E-state index in [0.29, 0.717) is 24.0 Å². The Morgan fingerprint density at radius 2 is 0.974 bits per heavy atom. The SMILES string of the molecule is O=C(OCc1ccc2ccccc2c1)C1CC12CC2.O=C(OCc1ccc2ccccc2c1)C1CC12CC2. The molecule has 4 nitrogen and oxygen atoms in total. The van der Waals surface area contributed by atoms with Crippen LogP contribution in [0.2, 0.25) is 0 Å². The van der Waals surface area contributed by atoms with Gasteiger partial charge < -0.3 is 9.47 Å². The van der Waals surface area contributed by atoms with Gasteiger partial charge in [-0.1, -0.05) is 72.8 Å². The van der Waals surface area contributed by atoms with Crippen molar-refractivity contribution in [2.24, 2.45) is 22.7 Å². The Labute approximate surface area is 222 Å². The molecule has 4 aliphatic rings. The summed E-state index contributed by atoms with van der Waals surface area (Å²) < 4.78 is 10.9. The number of carbonyl (C=O) groups is 2. The lowest BCUT2D eigenvalue weighted by Crippen LogP contribution is -2.08. The molecule has 38 heavy (non-hydrogen) atoms. The quantitative estimate of drug-likeness (QED) is 0.257. The van der Waals surface area contributed by atoms with E-state index >= 15 is 0 Å². The molecule has 2 spiro atoms. The van der Waals surface area contributed by atoms with Gasteiger partial charge in [0.2, 0.25) is 0 Å². The number of rotatable bonds is 6. The van der Waals surface area contributed by atoms with Gasteiger partial charge in [-0.25, -0.2) is 0 Å². The molecule has 0 heterocycles. The van der Waals surface area contributed by atoms with E-state index in [4.69, 9.17) is 9.47 Å². The maximum atomic E-state index is 11.9. The molecule has 0 saturated heterocycles. The molecule has 2 atom stereocenters. The summed E-state index contributed by atoms with van der Waals surface area (Å²) >= 11 is 0. The summed E-state index contributed by atoms with van der Waals surface area (Å²) in [5, 5.41) is 4.83. The minimum atomic E-state index is 0.00524. The molecule has 0 bridgehead atoms. The fraction of sp³-hybridized carbons (Fsp3) is 0.353. The molecule has 4 saturated carbocycles. The third-order valence-electron chi connectivity index (χ3n) is 9.12. The molecule has 0 amide bonds. The van der Waals surface area contributed by atoms with Crippen molar-refractivity contribution in [2.75, 3.05) is 0 Å². The maximum absolute atomic E-state index is 11.9. The molecule has 0 aromatic heterocycles. The average Bonchev–Trinajstić information content (AvgIpc) is 3.80. The highest BCUT2D eigenvalue weighted by atomic mass is 16.5. The second-order valence-corrected chi connectivity index (χ2v) is 11.8. The number of hydrogen-bond donors (Lipinski definition) is 0. The van der Waals surface area contributed by atoms with Crippen molar-refractivity contribution >= 4 is 33.5 Å². The summed E-state index contributed by atoms with van der Waals surface area (Å²) in [4.78, 5) is 23.8. The Kier molecular flexibility index (Phi) is 5.54. The minimum Gasteiger partial charge on any atom is -0.461 e. The van der Waals surface area contributed by atoms with Gasteiger partial charge in [-0.15, -0.1) is 0 Å². The van der Waals surface area contributed by atoms with Crippen molar-refractivity contribution in [2.45, 2.75) is 51.7 Å². The predicted molar refractivity (Wildman–Crippen MR) is 147 cm³/mol. The van der Waals surface area contributed by atoms with Crippen LogP contribution < -0.4 is 0 Å². The zero-order chi connectivity index (χ0) is 25.7. The summed E-state index contributed by atoms with van der Waals surface area (Å²) in [6.45, 7) is 0.798. The standard InChI is InChI=1S/2C17H16O2/c2*18-16(15-10-17(15)7-8-17)19-11-12-5-6-13-3-1-2-4-14(13)9-12/h2*1-6,9,15H,7-8,10-11H2. The first kappa shape index (κ1) is 23.5. The molecule has 4 aromatic rings. The number of hydrogen-bond acceptors (Lipinski definition) is 4. The lowest BCUT2D eigenvalue weighted by Gasteiger charge is -2.06. The average molecular weight is 505 g/mol. The largest absolute Gasteiger partial charge is 0.461 e. The summed E-state index contributed by atoms with van der Waals surface area (Å²) in [5.74, 6) is 0.414. The fourth-order valence-corrected chi connectivity index (χ4v) is 5.96. The van der Waals surface area contributed by atoms with Gasteiger partial charge in [0.05, 0.1) is 11.8 Å². The van der Waals surface area contributed by atoms with Crippen LogP contribution in [0, 0.1) is 22.7 Å². The van der Waals surface area contributed by atoms with Crippen LogP contribution in [0.5, 0.6) is 0 Å². The van der Waals surface area contributed by atoms with Crippen molar-refractivity contribution in [3.8, 4) is 0 Å². The van der Waals surface area contributed by atoms with E-state index in [1.807, 2.05) is 36.4 Å². The zero-order valence-electron chi connectivity index (χ0n) is 21.5. The molecule has 4 aromatic carbocycles. The Morgan fingerprint density at radius 3 is 1.34 bits per heavy atom. The first-order valence-electron chi connectivity index (χ1n) is 13.8. The number of carbonyl (C=O) groups excluding carboxylic acids is 2. The molecule has 0 N–H and O–H groups in total. The number of esters is 2. The Balaban J connectivity index is 0.000000127. The maximum Gasteiger partial charge on any atom is 0.309 e. The predicted octanol–water partition coefficient (Wildman–Crippen LogP) is 7.37. The van der Waals surface area contributed by atoms with Gasteiger partial charge in [0.25, 0.3) is 0 Å². The van der Waals surface area contributed by atoms with Crippen molar-refractivity contribution < 1.29 is 19.1 Å². The lowest BCUT2D eigenvalue weighted by atomic mass is 10.1. The molecular weight excluding hydrogens is 472 g/mol. The van der Waals surface area contributed by atoms with Gasteiger partial charge in [0.1, 0.15) is 13.2 Å². The molecule has 4 aliphatic carbocycles. The minimum absolute atomic E-state index is 0.00524. The van der Waals surface area contributed by atoms with Gasteiger partial charge in [-0.05, 0) is 94.2 Å². The van der Waals surface area contributed by atoms with Crippen LogP contribution in [0.1, 0.15) is 49.7 Å². The van der Waals surface area contributed by atoms with Gasteiger partial charge in [-0.2, -0.15) is 0 Å². The summed E-state index contributed by atoms with van der Waals surface area (Å²) in [6, 6.07) is 28.9. The summed E-state index contributed by atoms with van der Waals surface area (Å²) in [5.41, 5.74) is 2.91. The molecule has 8 rings (SSSR count). The molecule has 0 aliphatic heterocycles. The van der Waals surface area contributed by atoms with Crippen LogP contribution in [-0.2, 0) is 32.3 Å². The van der Waals surface area contributed by atoms with Crippen LogP contribution in [0.25, 0.3) is 21.5 Å². The number of benzene rings is 4. The Morgan fingerprint density at radius 1 is 0.579 bits per heavy atom. The van der Waals surface area contributed by atoms with Crippen molar-refractivity contribution in [1.29, 1.82) is 0 Å². The Bertz CT molecular complexity index is 1430. The zero-order valence-corrected chi connectivity index (χ0v) is 21.5. The second-order valence-electron chi connectivity index (χ2n) is 11.8. The Hall–Kier alpha value is -3.66. The second kappa shape index (κ2) is 8.97. The van der Waals surface area contributed by atoms with Crippen LogP contribution in [-0.4, -0.2) is 11.9 Å². The van der Waals surface area contributed by atoms with E-state index in [-0.39, 0.29) is 23.8 Å². The van der Waals surface area contributed by atoms with Gasteiger partial charge in [0, 0.05) is 0 Å². The van der Waals surface area contributed by atoms with E-state index in [9.17, 15) is 9.59 Å². The molecule has 2 unspecified atom stereocenters. The summed E-state index contributed by atoms with van der Waals surface area (Å²) in [6.07, 6.45) is 7.02. The summed E-state index contributed by atoms with van der Waals surface area (Å²) in [7, 11) is 0. The highest BCUT2D eigenvalue weighted by molar-refractivity contribution is 5.84. The van der Waals surface area contributed by atoms with Crippen LogP contribution in [0.15, 0.2) is 84.9 Å². The first-order valence-corrected chi connectivity index (χ1v) is 13.8. The number of fused-ring (bicyclic) bond motifs is 2. The third-order valence-corrected chi connectivity index (χ3v) is 9.12. The molecular formula is C34H32O4. The van der Waals surface area contributed by atoms with Gasteiger partial charge >= 0.3 is 11.9 Å². The topological polar surface area (TPSA) is 52.6 Å². The highest BCUT2D eigenvalue weighted by Crippen LogP contribution is 2.71. The highest BCUT2D eigenvalue weighted by Gasteiger charge is 2.67. The van der Waals surface area contributed by atoms with Crippen LogP contribution in [0.4, 0.5) is 0 Å². The van der Waals surface area contributed by atoms with E-state index in [0.717, 1.165) is 24.0 Å². The smallest absolute Gasteiger partial charge is 0.309 e. The first-order chi connectivity index (χ1) is 18.5. The van der Waals surface area contributed by atoms with Gasteiger partial charge in [-0.3, -0.25) is 9.59 Å². The molecule has 4 fully saturated rings. The molecule has 192 valence electrons.